The summed E-state index contributed by atoms with van der Waals surface area (Å²) < 4.78 is 35.8. The number of nitrogens with one attached hydrogen (secondary N) is 1. The smallest absolute Gasteiger partial charge is 0.323 e. The first-order valence-corrected chi connectivity index (χ1v) is 11.3. The number of esters is 1. The van der Waals surface area contributed by atoms with Crippen LogP contribution in [0.15, 0.2) is 30.5 Å². The van der Waals surface area contributed by atoms with Gasteiger partial charge in [-0.3, -0.25) is 19.1 Å². The minimum absolute atomic E-state index is 0.251. The van der Waals surface area contributed by atoms with Gasteiger partial charge in [-0.2, -0.15) is 8.42 Å². The first kappa shape index (κ1) is 21.7. The number of nitrogens with two attached hydrogens (primary N) is 1. The molecule has 9 nitrogen and oxygen atoms in total. The highest BCUT2D eigenvalue weighted by Crippen LogP contribution is 2.18. The maximum absolute atomic E-state index is 12.2. The number of hydrogen-bond acceptors (Lipinski definition) is 7. The van der Waals surface area contributed by atoms with Crippen LogP contribution in [-0.4, -0.2) is 91.4 Å². The van der Waals surface area contributed by atoms with E-state index in [0.29, 0.717) is 32.6 Å². The second kappa shape index (κ2) is 9.68. The van der Waals surface area contributed by atoms with Gasteiger partial charge < -0.3 is 15.5 Å². The second-order valence-electron chi connectivity index (χ2n) is 7.31. The number of ether oxygens (including phenoxy) is 1. The van der Waals surface area contributed by atoms with Crippen LogP contribution in [0.3, 0.4) is 0 Å². The van der Waals surface area contributed by atoms with Gasteiger partial charge in [0.1, 0.15) is 12.6 Å². The van der Waals surface area contributed by atoms with E-state index in [1.165, 1.54) is 0 Å². The fourth-order valence-electron chi connectivity index (χ4n) is 3.48. The van der Waals surface area contributed by atoms with Gasteiger partial charge in [-0.1, -0.05) is 18.2 Å². The Hall–Kier alpha value is -1.98. The van der Waals surface area contributed by atoms with Crippen LogP contribution in [0.1, 0.15) is 5.56 Å². The van der Waals surface area contributed by atoms with Gasteiger partial charge in [0.2, 0.25) is 0 Å². The van der Waals surface area contributed by atoms with Crippen LogP contribution in [-0.2, 0) is 26.1 Å². The third kappa shape index (κ3) is 6.51. The zero-order valence-corrected chi connectivity index (χ0v) is 17.1. The molecule has 1 saturated heterocycles. The summed E-state index contributed by atoms with van der Waals surface area (Å²) in [6.07, 6.45) is 2.29. The van der Waals surface area contributed by atoms with Gasteiger partial charge >= 0.3 is 5.97 Å². The average molecular weight is 425 g/mol. The van der Waals surface area contributed by atoms with Crippen LogP contribution in [0.4, 0.5) is 0 Å². The number of hydrogen-bond donors (Lipinski definition) is 3. The molecule has 1 aliphatic heterocycles. The number of H-pyrrole nitrogens is 1. The van der Waals surface area contributed by atoms with Crippen molar-refractivity contribution in [3.63, 3.8) is 0 Å². The summed E-state index contributed by atoms with van der Waals surface area (Å²) in [6.45, 7) is 4.13. The first-order valence-electron chi connectivity index (χ1n) is 9.69. The molecule has 0 bridgehead atoms. The number of nitrogens with zero attached hydrogens (tertiary/aromatic N) is 2. The summed E-state index contributed by atoms with van der Waals surface area (Å²) in [7, 11) is -3.93. The second-order valence-corrected chi connectivity index (χ2v) is 8.88. The van der Waals surface area contributed by atoms with E-state index in [2.05, 4.69) is 9.88 Å². The average Bonchev–Trinajstić information content (AvgIpc) is 3.09. The molecular weight excluding hydrogens is 396 g/mol. The zero-order valence-electron chi connectivity index (χ0n) is 16.3. The van der Waals surface area contributed by atoms with E-state index in [0.717, 1.165) is 29.6 Å². The molecule has 1 fully saturated rings. The van der Waals surface area contributed by atoms with Crippen LogP contribution < -0.4 is 5.73 Å². The Morgan fingerprint density at radius 1 is 1.17 bits per heavy atom. The number of piperazine rings is 1. The fraction of sp³-hybridized carbons (Fsp3) is 0.526. The Morgan fingerprint density at radius 3 is 2.52 bits per heavy atom. The van der Waals surface area contributed by atoms with Crippen molar-refractivity contribution in [2.45, 2.75) is 12.5 Å². The van der Waals surface area contributed by atoms with Crippen molar-refractivity contribution in [3.8, 4) is 0 Å². The van der Waals surface area contributed by atoms with E-state index in [-0.39, 0.29) is 12.4 Å². The lowest BCUT2D eigenvalue weighted by molar-refractivity contribution is -0.145. The van der Waals surface area contributed by atoms with Crippen LogP contribution in [0, 0.1) is 0 Å². The van der Waals surface area contributed by atoms with E-state index in [4.69, 9.17) is 15.0 Å². The molecule has 10 heteroatoms. The number of carbonyl (C=O) groups excluding carboxylic acids is 1. The van der Waals surface area contributed by atoms with Crippen molar-refractivity contribution in [1.82, 2.24) is 14.8 Å². The van der Waals surface area contributed by atoms with Gasteiger partial charge in [-0.25, -0.2) is 0 Å². The van der Waals surface area contributed by atoms with Crippen LogP contribution in [0.25, 0.3) is 10.9 Å². The Kier molecular flexibility index (Phi) is 7.25. The highest BCUT2D eigenvalue weighted by atomic mass is 32.2. The summed E-state index contributed by atoms with van der Waals surface area (Å²) >= 11 is 0. The van der Waals surface area contributed by atoms with Gasteiger partial charge in [0.15, 0.2) is 0 Å². The lowest BCUT2D eigenvalue weighted by Gasteiger charge is -2.34. The van der Waals surface area contributed by atoms with Crippen molar-refractivity contribution < 1.29 is 22.5 Å². The van der Waals surface area contributed by atoms with E-state index in [9.17, 15) is 13.2 Å². The third-order valence-electron chi connectivity index (χ3n) is 5.20. The fourth-order valence-corrected chi connectivity index (χ4v) is 3.97. The molecule has 29 heavy (non-hydrogen) atoms. The molecule has 160 valence electrons. The molecule has 1 atom stereocenters. The normalized spacial score (nSPS) is 17.4. The summed E-state index contributed by atoms with van der Waals surface area (Å²) in [5.74, 6) is -0.666. The molecular formula is C19H28N4O5S. The summed E-state index contributed by atoms with van der Waals surface area (Å²) in [5, 5.41) is 1.06. The standard InChI is InChI=1S/C19H28N4O5S/c20-17(13-15-14-21-18-4-2-1-3-16(15)18)19(24)28-11-9-22-5-7-23(8-6-22)10-12-29(25,26)27/h1-4,14,17,21H,5-13,20H2,(H,25,26,27)/t17-/m0/s1. The van der Waals surface area contributed by atoms with Crippen molar-refractivity contribution in [2.24, 2.45) is 5.73 Å². The van der Waals surface area contributed by atoms with Gasteiger partial charge in [0, 0.05) is 62.8 Å². The Balaban J connectivity index is 1.36. The van der Waals surface area contributed by atoms with E-state index < -0.39 is 22.1 Å². The third-order valence-corrected chi connectivity index (χ3v) is 5.90. The van der Waals surface area contributed by atoms with Crippen molar-refractivity contribution in [2.75, 3.05) is 51.6 Å². The quantitative estimate of drug-likeness (QED) is 0.381. The number of benzene rings is 1. The number of fused-ring (bicyclic) bond motifs is 1. The van der Waals surface area contributed by atoms with Crippen LogP contribution >= 0.6 is 0 Å². The molecule has 0 aliphatic carbocycles. The van der Waals surface area contributed by atoms with E-state index in [1.54, 1.807) is 0 Å². The van der Waals surface area contributed by atoms with E-state index >= 15 is 0 Å². The highest BCUT2D eigenvalue weighted by molar-refractivity contribution is 7.85. The lowest BCUT2D eigenvalue weighted by atomic mass is 10.1. The van der Waals surface area contributed by atoms with Crippen LogP contribution in [0.2, 0.25) is 0 Å². The number of para-hydroxylation sites is 1. The molecule has 1 aromatic heterocycles. The monoisotopic (exact) mass is 424 g/mol. The van der Waals surface area contributed by atoms with Gasteiger partial charge in [-0.05, 0) is 11.6 Å². The predicted molar refractivity (Wildman–Crippen MR) is 110 cm³/mol. The maximum atomic E-state index is 12.2. The summed E-state index contributed by atoms with van der Waals surface area (Å²) in [4.78, 5) is 19.5. The minimum atomic E-state index is -3.93. The first-order chi connectivity index (χ1) is 13.8. The van der Waals surface area contributed by atoms with Crippen molar-refractivity contribution in [3.05, 3.63) is 36.0 Å². The van der Waals surface area contributed by atoms with Crippen molar-refractivity contribution >= 4 is 27.0 Å². The maximum Gasteiger partial charge on any atom is 0.323 e. The number of aromatic amines is 1. The summed E-state index contributed by atoms with van der Waals surface area (Å²) in [6, 6.07) is 7.16. The van der Waals surface area contributed by atoms with Gasteiger partial charge in [0.05, 0.1) is 5.75 Å². The largest absolute Gasteiger partial charge is 0.463 e. The number of aromatic nitrogens is 1. The number of rotatable bonds is 9. The molecule has 2 aromatic rings. The molecule has 3 rings (SSSR count). The molecule has 1 aromatic carbocycles. The molecule has 1 aliphatic rings. The number of carbonyl (C=O) groups is 1. The molecule has 2 heterocycles. The van der Waals surface area contributed by atoms with Crippen molar-refractivity contribution in [1.29, 1.82) is 0 Å². The van der Waals surface area contributed by atoms with Gasteiger partial charge in [0.25, 0.3) is 10.1 Å². The van der Waals surface area contributed by atoms with Gasteiger partial charge in [-0.15, -0.1) is 0 Å². The lowest BCUT2D eigenvalue weighted by Crippen LogP contribution is -2.48. The summed E-state index contributed by atoms with van der Waals surface area (Å²) in [5.41, 5.74) is 8.03. The molecule has 4 N–H and O–H groups in total. The molecule has 0 saturated carbocycles. The molecule has 0 unspecified atom stereocenters. The highest BCUT2D eigenvalue weighted by Gasteiger charge is 2.20. The van der Waals surface area contributed by atoms with Crippen LogP contribution in [0.5, 0.6) is 0 Å². The predicted octanol–water partition coefficient (Wildman–Crippen LogP) is 0.0863. The topological polar surface area (TPSA) is 129 Å². The molecule has 0 amide bonds. The Labute approximate surface area is 170 Å². The SMILES string of the molecule is N[C@@H](Cc1c[nH]c2ccccc12)C(=O)OCCN1CCN(CCS(=O)(=O)O)CC1. The molecule has 0 spiro atoms. The Bertz CT molecular complexity index is 922. The zero-order chi connectivity index (χ0) is 20.9. The van der Waals surface area contributed by atoms with E-state index in [1.807, 2.05) is 35.4 Å². The Morgan fingerprint density at radius 2 is 1.83 bits per heavy atom. The minimum Gasteiger partial charge on any atom is -0.463 e. The molecule has 0 radical (unpaired) electrons.